The predicted octanol–water partition coefficient (Wildman–Crippen LogP) is 0.128. The van der Waals surface area contributed by atoms with E-state index in [4.69, 9.17) is 9.47 Å². The van der Waals surface area contributed by atoms with Crippen molar-refractivity contribution < 1.29 is 36.7 Å². The van der Waals surface area contributed by atoms with Gasteiger partial charge in [0.25, 0.3) is 5.91 Å². The molecule has 3 amide bonds. The number of rotatable bonds is 3. The van der Waals surface area contributed by atoms with Gasteiger partial charge in [0.05, 0.1) is 25.4 Å². The van der Waals surface area contributed by atoms with Gasteiger partial charge in [-0.25, -0.2) is 17.5 Å². The van der Waals surface area contributed by atoms with E-state index in [1.165, 1.54) is 40.9 Å². The molecule has 0 bridgehead atoms. The molecule has 2 aromatic rings. The highest BCUT2D eigenvalue weighted by atomic mass is 32.2. The molecule has 3 aliphatic rings. The second kappa shape index (κ2) is 9.36. The largest absolute Gasteiger partial charge is 0.489 e. The van der Waals surface area contributed by atoms with E-state index in [1.54, 1.807) is 13.8 Å². The molecule has 12 nitrogen and oxygen atoms in total. The van der Waals surface area contributed by atoms with Gasteiger partial charge in [-0.05, 0) is 37.6 Å². The van der Waals surface area contributed by atoms with Crippen molar-refractivity contribution in [1.29, 1.82) is 0 Å². The number of benzene rings is 1. The van der Waals surface area contributed by atoms with Crippen LogP contribution in [0.15, 0.2) is 29.3 Å². The highest BCUT2D eigenvalue weighted by molar-refractivity contribution is 7.89. The second-order valence-corrected chi connectivity index (χ2v) is 11.9. The van der Waals surface area contributed by atoms with Gasteiger partial charge in [-0.1, -0.05) is 0 Å². The second-order valence-electron chi connectivity index (χ2n) is 10.2. The van der Waals surface area contributed by atoms with E-state index in [0.717, 1.165) is 0 Å². The number of amides is 3. The first kappa shape index (κ1) is 26.1. The topological polar surface area (TPSA) is 148 Å². The Morgan fingerprint density at radius 3 is 2.61 bits per heavy atom. The lowest BCUT2D eigenvalue weighted by Gasteiger charge is -2.38. The molecular weight excluding hydrogens is 521 g/mol. The lowest BCUT2D eigenvalue weighted by molar-refractivity contribution is -0.150. The lowest BCUT2D eigenvalue weighted by Crippen LogP contribution is -2.62. The van der Waals surface area contributed by atoms with Gasteiger partial charge >= 0.3 is 11.8 Å². The van der Waals surface area contributed by atoms with E-state index < -0.39 is 51.1 Å². The van der Waals surface area contributed by atoms with Crippen molar-refractivity contribution in [1.82, 2.24) is 19.5 Å². The van der Waals surface area contributed by atoms with Gasteiger partial charge in [0.1, 0.15) is 10.7 Å². The Hall–Kier alpha value is -3.49. The van der Waals surface area contributed by atoms with Crippen LogP contribution >= 0.6 is 0 Å². The fourth-order valence-electron chi connectivity index (χ4n) is 4.83. The zero-order valence-corrected chi connectivity index (χ0v) is 21.9. The molecular formula is C24H28FN5O7S. The van der Waals surface area contributed by atoms with E-state index in [-0.39, 0.29) is 36.0 Å². The first-order chi connectivity index (χ1) is 17.9. The van der Waals surface area contributed by atoms with Crippen molar-refractivity contribution >= 4 is 33.4 Å². The molecule has 2 saturated heterocycles. The highest BCUT2D eigenvalue weighted by Crippen LogP contribution is 2.35. The summed E-state index contributed by atoms with van der Waals surface area (Å²) in [6.07, 6.45) is 1.27. The van der Waals surface area contributed by atoms with Crippen molar-refractivity contribution in [2.75, 3.05) is 38.2 Å². The first-order valence-corrected chi connectivity index (χ1v) is 13.5. The molecule has 204 valence electrons. The van der Waals surface area contributed by atoms with Crippen LogP contribution < -0.4 is 20.1 Å². The Bertz CT molecular complexity index is 1440. The summed E-state index contributed by atoms with van der Waals surface area (Å²) in [6, 6.07) is 3.39. The van der Waals surface area contributed by atoms with Gasteiger partial charge in [0.2, 0.25) is 10.0 Å². The highest BCUT2D eigenvalue weighted by Gasteiger charge is 2.44. The van der Waals surface area contributed by atoms with Crippen molar-refractivity contribution in [2.45, 2.75) is 30.3 Å². The monoisotopic (exact) mass is 549 g/mol. The van der Waals surface area contributed by atoms with Gasteiger partial charge in [0.15, 0.2) is 11.4 Å². The number of carbonyl (C=O) groups is 3. The van der Waals surface area contributed by atoms with Crippen LogP contribution in [0.5, 0.6) is 5.75 Å². The van der Waals surface area contributed by atoms with E-state index in [2.05, 4.69) is 15.4 Å². The van der Waals surface area contributed by atoms with Crippen LogP contribution in [0.4, 0.5) is 10.1 Å². The Balaban J connectivity index is 1.35. The molecule has 0 aliphatic carbocycles. The van der Waals surface area contributed by atoms with Gasteiger partial charge in [-0.15, -0.1) is 0 Å². The molecule has 0 unspecified atom stereocenters. The number of anilines is 1. The average molecular weight is 550 g/mol. The van der Waals surface area contributed by atoms with E-state index in [0.29, 0.717) is 24.5 Å². The summed E-state index contributed by atoms with van der Waals surface area (Å²) in [5.41, 5.74) is 0.0295. The SMILES string of the molecule is Cc1cc(NC(=O)c2c3c(cn2C)S(=O)(=O)N[C@H]2CN(C(=O)C(=O)NC4(C)COC4)C[C@H]2CO3)ccc1F. The van der Waals surface area contributed by atoms with Crippen molar-refractivity contribution in [3.05, 3.63) is 41.5 Å². The molecule has 1 aromatic carbocycles. The summed E-state index contributed by atoms with van der Waals surface area (Å²) in [6.45, 7) is 4.01. The summed E-state index contributed by atoms with van der Waals surface area (Å²) < 4.78 is 55.2. The van der Waals surface area contributed by atoms with Gasteiger partial charge in [-0.2, -0.15) is 0 Å². The molecule has 2 atom stereocenters. The number of aromatic nitrogens is 1. The number of ether oxygens (including phenoxy) is 2. The summed E-state index contributed by atoms with van der Waals surface area (Å²) in [5, 5.41) is 5.31. The van der Waals surface area contributed by atoms with Crippen LogP contribution in [0.2, 0.25) is 0 Å². The quantitative estimate of drug-likeness (QED) is 0.461. The number of hydrogen-bond donors (Lipinski definition) is 3. The maximum absolute atomic E-state index is 13.6. The standard InChI is InChI=1S/C24H28FN5O7S/c1-13-6-15(4-5-16(13)25)26-21(31)19-20-18(9-29(19)3)38(34,35)28-17-8-30(7-14(17)10-37-20)23(33)22(32)27-24(2)11-36-12-24/h4-6,9,14,17,28H,7-8,10-12H2,1-3H3,(H,26,31)(H,27,32)/t14-,17-/m0/s1. The van der Waals surface area contributed by atoms with Crippen molar-refractivity contribution in [3.8, 4) is 5.75 Å². The van der Waals surface area contributed by atoms with Crippen LogP contribution in [-0.2, 0) is 31.4 Å². The molecule has 3 aliphatic heterocycles. The third-order valence-electron chi connectivity index (χ3n) is 6.95. The molecule has 0 saturated carbocycles. The predicted molar refractivity (Wildman–Crippen MR) is 132 cm³/mol. The van der Waals surface area contributed by atoms with Gasteiger partial charge in [-0.3, -0.25) is 14.4 Å². The van der Waals surface area contributed by atoms with Crippen LogP contribution in [0.1, 0.15) is 23.0 Å². The summed E-state index contributed by atoms with van der Waals surface area (Å²) >= 11 is 0. The zero-order valence-electron chi connectivity index (χ0n) is 21.0. The van der Waals surface area contributed by atoms with E-state index >= 15 is 0 Å². The molecule has 5 rings (SSSR count). The Labute approximate surface area is 218 Å². The number of likely N-dealkylation sites (tertiary alicyclic amines) is 1. The van der Waals surface area contributed by atoms with Crippen LogP contribution in [0, 0.1) is 18.7 Å². The number of halogens is 1. The molecule has 38 heavy (non-hydrogen) atoms. The molecule has 14 heteroatoms. The Kier molecular flexibility index (Phi) is 6.44. The average Bonchev–Trinajstić information content (AvgIpc) is 3.37. The van der Waals surface area contributed by atoms with Crippen LogP contribution in [-0.4, -0.2) is 80.1 Å². The van der Waals surface area contributed by atoms with Crippen LogP contribution in [0.25, 0.3) is 0 Å². The minimum absolute atomic E-state index is 0.00289. The Morgan fingerprint density at radius 2 is 1.95 bits per heavy atom. The minimum Gasteiger partial charge on any atom is -0.489 e. The van der Waals surface area contributed by atoms with E-state index in [9.17, 15) is 27.2 Å². The first-order valence-electron chi connectivity index (χ1n) is 12.0. The summed E-state index contributed by atoms with van der Waals surface area (Å²) in [5.74, 6) is -3.21. The molecule has 4 heterocycles. The summed E-state index contributed by atoms with van der Waals surface area (Å²) in [4.78, 5) is 39.5. The van der Waals surface area contributed by atoms with Gasteiger partial charge in [0, 0.05) is 44.0 Å². The zero-order chi connectivity index (χ0) is 27.4. The number of carbonyl (C=O) groups excluding carboxylic acids is 3. The maximum atomic E-state index is 13.6. The number of hydrogen-bond acceptors (Lipinski definition) is 7. The number of sulfonamides is 1. The fourth-order valence-corrected chi connectivity index (χ4v) is 6.32. The Morgan fingerprint density at radius 1 is 1.21 bits per heavy atom. The smallest absolute Gasteiger partial charge is 0.311 e. The van der Waals surface area contributed by atoms with Gasteiger partial charge < -0.3 is 29.6 Å². The third kappa shape index (κ3) is 4.74. The maximum Gasteiger partial charge on any atom is 0.311 e. The lowest BCUT2D eigenvalue weighted by atomic mass is 10.0. The minimum atomic E-state index is -4.15. The molecule has 2 fully saturated rings. The molecule has 3 N–H and O–H groups in total. The molecule has 1 aromatic heterocycles. The number of nitrogens with zero attached hydrogens (tertiary/aromatic N) is 2. The van der Waals surface area contributed by atoms with Crippen molar-refractivity contribution in [3.63, 3.8) is 0 Å². The van der Waals surface area contributed by atoms with Crippen LogP contribution in [0.3, 0.4) is 0 Å². The normalized spacial score (nSPS) is 23.1. The number of fused-ring (bicyclic) bond motifs is 2. The fraction of sp³-hybridized carbons (Fsp3) is 0.458. The van der Waals surface area contributed by atoms with Crippen molar-refractivity contribution in [2.24, 2.45) is 13.0 Å². The summed E-state index contributed by atoms with van der Waals surface area (Å²) in [7, 11) is -2.63. The number of nitrogens with one attached hydrogen (secondary N) is 3. The molecule has 0 spiro atoms. The number of aryl methyl sites for hydroxylation is 2. The third-order valence-corrected chi connectivity index (χ3v) is 8.43. The van der Waals surface area contributed by atoms with E-state index in [1.807, 2.05) is 0 Å². The molecule has 0 radical (unpaired) electrons.